The van der Waals surface area contributed by atoms with E-state index in [4.69, 9.17) is 4.74 Å². The zero-order valence-corrected chi connectivity index (χ0v) is 15.3. The Morgan fingerprint density at radius 1 is 1.04 bits per heavy atom. The van der Waals surface area contributed by atoms with Crippen LogP contribution in [0.1, 0.15) is 18.1 Å². The third kappa shape index (κ3) is 5.58. The summed E-state index contributed by atoms with van der Waals surface area (Å²) in [4.78, 5) is 11.1. The summed E-state index contributed by atoms with van der Waals surface area (Å²) < 4.78 is 32.5. The molecule has 0 saturated heterocycles. The normalized spacial score (nSPS) is 11.2. The number of hydrogen-bond acceptors (Lipinski definition) is 4. The molecule has 2 N–H and O–H groups in total. The van der Waals surface area contributed by atoms with E-state index in [1.165, 1.54) is 24.6 Å². The first kappa shape index (κ1) is 19.0. The molecule has 6 nitrogen and oxygen atoms in total. The minimum Gasteiger partial charge on any atom is -0.492 e. The fraction of sp³-hybridized carbons (Fsp3) is 0.278. The molecule has 0 aromatic heterocycles. The van der Waals surface area contributed by atoms with Crippen LogP contribution in [-0.2, 0) is 14.8 Å². The van der Waals surface area contributed by atoms with Crippen molar-refractivity contribution in [2.24, 2.45) is 0 Å². The molecular formula is C18H22N2O4S. The van der Waals surface area contributed by atoms with Crippen molar-refractivity contribution in [3.8, 4) is 5.75 Å². The predicted octanol–water partition coefficient (Wildman–Crippen LogP) is 2.62. The standard InChI is InChI=1S/C18H22N2O4S/c1-13-4-7-17(12-14(13)2)24-11-10-19-25(22,23)18-8-5-16(6-9-18)20-15(3)21/h4-9,12,19H,10-11H2,1-3H3,(H,20,21). The third-order valence-corrected chi connectivity index (χ3v) is 5.10. The van der Waals surface area contributed by atoms with Crippen molar-refractivity contribution in [1.82, 2.24) is 4.72 Å². The van der Waals surface area contributed by atoms with Crippen molar-refractivity contribution in [3.05, 3.63) is 53.6 Å². The van der Waals surface area contributed by atoms with Gasteiger partial charge in [-0.15, -0.1) is 0 Å². The maximum absolute atomic E-state index is 12.2. The summed E-state index contributed by atoms with van der Waals surface area (Å²) in [6, 6.07) is 11.7. The van der Waals surface area contributed by atoms with Gasteiger partial charge in [-0.25, -0.2) is 13.1 Å². The van der Waals surface area contributed by atoms with Crippen molar-refractivity contribution < 1.29 is 17.9 Å². The van der Waals surface area contributed by atoms with Crippen molar-refractivity contribution in [2.75, 3.05) is 18.5 Å². The molecule has 0 aliphatic rings. The first-order chi connectivity index (χ1) is 11.8. The zero-order valence-electron chi connectivity index (χ0n) is 14.5. The van der Waals surface area contributed by atoms with E-state index in [9.17, 15) is 13.2 Å². The smallest absolute Gasteiger partial charge is 0.240 e. The van der Waals surface area contributed by atoms with Crippen molar-refractivity contribution >= 4 is 21.6 Å². The van der Waals surface area contributed by atoms with Gasteiger partial charge in [0.2, 0.25) is 15.9 Å². The van der Waals surface area contributed by atoms with Crippen molar-refractivity contribution in [1.29, 1.82) is 0 Å². The van der Waals surface area contributed by atoms with Crippen LogP contribution in [0.25, 0.3) is 0 Å². The van der Waals surface area contributed by atoms with Crippen LogP contribution in [0.2, 0.25) is 0 Å². The van der Waals surface area contributed by atoms with E-state index < -0.39 is 10.0 Å². The van der Waals surface area contributed by atoms with Gasteiger partial charge in [0.25, 0.3) is 0 Å². The highest BCUT2D eigenvalue weighted by atomic mass is 32.2. The van der Waals surface area contributed by atoms with E-state index >= 15 is 0 Å². The number of aryl methyl sites for hydroxylation is 2. The average molecular weight is 362 g/mol. The Bertz CT molecular complexity index is 846. The van der Waals surface area contributed by atoms with Crippen LogP contribution in [-0.4, -0.2) is 27.5 Å². The second-order valence-electron chi connectivity index (χ2n) is 5.70. The summed E-state index contributed by atoms with van der Waals surface area (Å²) in [6.45, 7) is 5.79. The van der Waals surface area contributed by atoms with Crippen LogP contribution >= 0.6 is 0 Å². The van der Waals surface area contributed by atoms with Crippen LogP contribution in [0.4, 0.5) is 5.69 Å². The molecule has 1 amide bonds. The van der Waals surface area contributed by atoms with Gasteiger partial charge in [0.05, 0.1) is 4.90 Å². The summed E-state index contributed by atoms with van der Waals surface area (Å²) in [5.74, 6) is 0.499. The maximum Gasteiger partial charge on any atom is 0.240 e. The molecule has 0 fully saturated rings. The first-order valence-corrected chi connectivity index (χ1v) is 9.33. The van der Waals surface area contributed by atoms with Gasteiger partial charge < -0.3 is 10.1 Å². The fourth-order valence-electron chi connectivity index (χ4n) is 2.15. The van der Waals surface area contributed by atoms with Crippen molar-refractivity contribution in [2.45, 2.75) is 25.7 Å². The molecule has 7 heteroatoms. The lowest BCUT2D eigenvalue weighted by Crippen LogP contribution is -2.28. The molecular weight excluding hydrogens is 340 g/mol. The lowest BCUT2D eigenvalue weighted by Gasteiger charge is -2.10. The molecule has 25 heavy (non-hydrogen) atoms. The Labute approximate surface area is 148 Å². The molecule has 2 aromatic carbocycles. The molecule has 0 heterocycles. The van der Waals surface area contributed by atoms with E-state index in [-0.39, 0.29) is 24.0 Å². The fourth-order valence-corrected chi connectivity index (χ4v) is 3.17. The lowest BCUT2D eigenvalue weighted by atomic mass is 10.1. The second kappa shape index (κ2) is 8.13. The first-order valence-electron chi connectivity index (χ1n) is 7.85. The monoisotopic (exact) mass is 362 g/mol. The molecule has 0 spiro atoms. The van der Waals surface area contributed by atoms with Gasteiger partial charge in [-0.3, -0.25) is 4.79 Å². The minimum atomic E-state index is -3.62. The van der Waals surface area contributed by atoms with Gasteiger partial charge in [-0.2, -0.15) is 0 Å². The highest BCUT2D eigenvalue weighted by molar-refractivity contribution is 7.89. The summed E-state index contributed by atoms with van der Waals surface area (Å²) in [6.07, 6.45) is 0. The molecule has 0 aliphatic heterocycles. The predicted molar refractivity (Wildman–Crippen MR) is 97.3 cm³/mol. The van der Waals surface area contributed by atoms with E-state index in [2.05, 4.69) is 10.0 Å². The van der Waals surface area contributed by atoms with Gasteiger partial charge in [-0.1, -0.05) is 6.07 Å². The van der Waals surface area contributed by atoms with E-state index in [0.29, 0.717) is 11.4 Å². The number of benzene rings is 2. The number of amides is 1. The molecule has 0 bridgehead atoms. The van der Waals surface area contributed by atoms with Gasteiger partial charge in [0.1, 0.15) is 12.4 Å². The number of carbonyl (C=O) groups excluding carboxylic acids is 1. The molecule has 2 aromatic rings. The lowest BCUT2D eigenvalue weighted by molar-refractivity contribution is -0.114. The number of ether oxygens (including phenoxy) is 1. The molecule has 2 rings (SSSR count). The number of anilines is 1. The Hall–Kier alpha value is -2.38. The second-order valence-corrected chi connectivity index (χ2v) is 7.46. The topological polar surface area (TPSA) is 84.5 Å². The summed E-state index contributed by atoms with van der Waals surface area (Å²) in [5, 5.41) is 2.59. The molecule has 0 saturated carbocycles. The van der Waals surface area contributed by atoms with Gasteiger partial charge >= 0.3 is 0 Å². The average Bonchev–Trinajstić information content (AvgIpc) is 2.55. The van der Waals surface area contributed by atoms with Crippen LogP contribution in [0.3, 0.4) is 0 Å². The summed E-state index contributed by atoms with van der Waals surface area (Å²) in [5.41, 5.74) is 2.85. The Balaban J connectivity index is 1.88. The largest absolute Gasteiger partial charge is 0.492 e. The van der Waals surface area contributed by atoms with Crippen LogP contribution in [0.15, 0.2) is 47.4 Å². The number of nitrogens with one attached hydrogen (secondary N) is 2. The van der Waals surface area contributed by atoms with Crippen LogP contribution in [0.5, 0.6) is 5.75 Å². The summed E-state index contributed by atoms with van der Waals surface area (Å²) in [7, 11) is -3.62. The molecule has 0 unspecified atom stereocenters. The van der Waals surface area contributed by atoms with Crippen LogP contribution < -0.4 is 14.8 Å². The number of rotatable bonds is 7. The van der Waals surface area contributed by atoms with Gasteiger partial charge in [0.15, 0.2) is 0 Å². The zero-order chi connectivity index (χ0) is 18.4. The highest BCUT2D eigenvalue weighted by Crippen LogP contribution is 2.16. The maximum atomic E-state index is 12.2. The Kier molecular flexibility index (Phi) is 6.17. The number of carbonyl (C=O) groups is 1. The quantitative estimate of drug-likeness (QED) is 0.742. The third-order valence-electron chi connectivity index (χ3n) is 3.63. The molecule has 0 atom stereocenters. The van der Waals surface area contributed by atoms with Crippen molar-refractivity contribution in [3.63, 3.8) is 0 Å². The highest BCUT2D eigenvalue weighted by Gasteiger charge is 2.13. The van der Waals surface area contributed by atoms with E-state index in [0.717, 1.165) is 5.56 Å². The number of hydrogen-bond donors (Lipinski definition) is 2. The summed E-state index contributed by atoms with van der Waals surface area (Å²) >= 11 is 0. The van der Waals surface area contributed by atoms with E-state index in [1.807, 2.05) is 32.0 Å². The molecule has 0 radical (unpaired) electrons. The van der Waals surface area contributed by atoms with Gasteiger partial charge in [-0.05, 0) is 61.4 Å². The Morgan fingerprint density at radius 2 is 1.72 bits per heavy atom. The SMILES string of the molecule is CC(=O)Nc1ccc(S(=O)(=O)NCCOc2ccc(C)c(C)c2)cc1. The van der Waals surface area contributed by atoms with Crippen LogP contribution in [0, 0.1) is 13.8 Å². The number of sulfonamides is 1. The van der Waals surface area contributed by atoms with Gasteiger partial charge in [0, 0.05) is 19.2 Å². The minimum absolute atomic E-state index is 0.132. The molecule has 134 valence electrons. The van der Waals surface area contributed by atoms with E-state index in [1.54, 1.807) is 12.1 Å². The molecule has 0 aliphatic carbocycles. The Morgan fingerprint density at radius 3 is 2.32 bits per heavy atom.